The first-order chi connectivity index (χ1) is 10.3. The van der Waals surface area contributed by atoms with Crippen LogP contribution in [0.25, 0.3) is 21.9 Å². The molecule has 0 aliphatic heterocycles. The van der Waals surface area contributed by atoms with Gasteiger partial charge in [-0.2, -0.15) is 5.10 Å². The summed E-state index contributed by atoms with van der Waals surface area (Å²) in [5.41, 5.74) is 2.25. The van der Waals surface area contributed by atoms with Crippen molar-refractivity contribution in [1.29, 1.82) is 0 Å². The highest BCUT2D eigenvalue weighted by molar-refractivity contribution is 6.02. The molecule has 0 bridgehead atoms. The van der Waals surface area contributed by atoms with Gasteiger partial charge in [-0.3, -0.25) is 5.10 Å². The first-order valence-electron chi connectivity index (χ1n) is 6.29. The Balaban J connectivity index is 1.72. The van der Waals surface area contributed by atoms with E-state index in [1.54, 1.807) is 18.2 Å². The molecule has 7 heteroatoms. The summed E-state index contributed by atoms with van der Waals surface area (Å²) in [5.74, 6) is -0.594. The zero-order valence-electron chi connectivity index (χ0n) is 10.7. The first-order valence-corrected chi connectivity index (χ1v) is 6.29. The summed E-state index contributed by atoms with van der Waals surface area (Å²) in [6.07, 6.45) is 0. The van der Waals surface area contributed by atoms with Crippen molar-refractivity contribution in [3.8, 4) is 0 Å². The Kier molecular flexibility index (Phi) is 2.43. The van der Waals surface area contributed by atoms with Crippen molar-refractivity contribution in [2.45, 2.75) is 0 Å². The highest BCUT2D eigenvalue weighted by Crippen LogP contribution is 2.15. The lowest BCUT2D eigenvalue weighted by Gasteiger charge is -2.01. The molecule has 0 amide bonds. The van der Waals surface area contributed by atoms with E-state index in [0.717, 1.165) is 10.4 Å². The second-order valence-electron chi connectivity index (χ2n) is 4.45. The van der Waals surface area contributed by atoms with Gasteiger partial charge in [-0.1, -0.05) is 35.2 Å². The predicted molar refractivity (Wildman–Crippen MR) is 74.5 cm³/mol. The Hall–Kier alpha value is -3.22. The monoisotopic (exact) mass is 279 g/mol. The van der Waals surface area contributed by atoms with Gasteiger partial charge in [0.15, 0.2) is 5.69 Å². The van der Waals surface area contributed by atoms with E-state index in [1.807, 2.05) is 30.3 Å². The van der Waals surface area contributed by atoms with Crippen LogP contribution in [0.4, 0.5) is 0 Å². The van der Waals surface area contributed by atoms with Crippen LogP contribution in [0, 0.1) is 0 Å². The lowest BCUT2D eigenvalue weighted by atomic mass is 10.2. The minimum atomic E-state index is -0.594. The molecule has 1 N–H and O–H groups in total. The number of fused-ring (bicyclic) bond motifs is 2. The quantitative estimate of drug-likeness (QED) is 0.563. The van der Waals surface area contributed by atoms with Gasteiger partial charge in [0.25, 0.3) is 0 Å². The maximum atomic E-state index is 12.2. The van der Waals surface area contributed by atoms with Crippen molar-refractivity contribution in [2.75, 3.05) is 0 Å². The van der Waals surface area contributed by atoms with E-state index in [1.165, 1.54) is 0 Å². The van der Waals surface area contributed by atoms with Crippen molar-refractivity contribution < 1.29 is 9.63 Å². The molecule has 0 aliphatic rings. The molecule has 102 valence electrons. The third-order valence-corrected chi connectivity index (χ3v) is 3.15. The van der Waals surface area contributed by atoms with Gasteiger partial charge in [-0.25, -0.2) is 4.79 Å². The van der Waals surface area contributed by atoms with Gasteiger partial charge in [0.1, 0.15) is 11.0 Å². The van der Waals surface area contributed by atoms with Crippen LogP contribution in [0.3, 0.4) is 0 Å². The van der Waals surface area contributed by atoms with Crippen molar-refractivity contribution in [3.63, 3.8) is 0 Å². The maximum Gasteiger partial charge on any atom is 0.386 e. The van der Waals surface area contributed by atoms with Crippen molar-refractivity contribution in [1.82, 2.24) is 25.4 Å². The number of rotatable bonds is 2. The van der Waals surface area contributed by atoms with E-state index >= 15 is 0 Å². The number of carbonyl (C=O) groups excluding carboxylic acids is 1. The summed E-state index contributed by atoms with van der Waals surface area (Å²) in [5, 5.41) is 15.2. The maximum absolute atomic E-state index is 12.2. The normalized spacial score (nSPS) is 11.0. The second kappa shape index (κ2) is 4.41. The Morgan fingerprint density at radius 2 is 1.90 bits per heavy atom. The lowest BCUT2D eigenvalue weighted by molar-refractivity contribution is 0.0404. The lowest BCUT2D eigenvalue weighted by Crippen LogP contribution is -2.21. The van der Waals surface area contributed by atoms with Crippen LogP contribution >= 0.6 is 0 Å². The van der Waals surface area contributed by atoms with Gasteiger partial charge >= 0.3 is 5.97 Å². The van der Waals surface area contributed by atoms with E-state index in [-0.39, 0.29) is 5.69 Å². The van der Waals surface area contributed by atoms with Crippen molar-refractivity contribution in [3.05, 3.63) is 54.2 Å². The smallest absolute Gasteiger partial charge is 0.310 e. The minimum absolute atomic E-state index is 0.213. The number of para-hydroxylation sites is 2. The van der Waals surface area contributed by atoms with E-state index in [4.69, 9.17) is 4.84 Å². The molecule has 0 spiro atoms. The van der Waals surface area contributed by atoms with Gasteiger partial charge in [0, 0.05) is 5.39 Å². The van der Waals surface area contributed by atoms with E-state index < -0.39 is 5.97 Å². The van der Waals surface area contributed by atoms with Crippen LogP contribution in [0.15, 0.2) is 48.5 Å². The summed E-state index contributed by atoms with van der Waals surface area (Å²) < 4.78 is 0. The van der Waals surface area contributed by atoms with Gasteiger partial charge in [-0.05, 0) is 23.4 Å². The molecule has 21 heavy (non-hydrogen) atoms. The topological polar surface area (TPSA) is 85.7 Å². The molecule has 4 rings (SSSR count). The molecule has 0 unspecified atom stereocenters. The fourth-order valence-corrected chi connectivity index (χ4v) is 2.16. The average Bonchev–Trinajstić information content (AvgIpc) is 3.12. The fraction of sp³-hybridized carbons (Fsp3) is 0. The zero-order chi connectivity index (χ0) is 14.2. The molecule has 0 radical (unpaired) electrons. The van der Waals surface area contributed by atoms with Crippen molar-refractivity contribution in [2.24, 2.45) is 0 Å². The number of carbonyl (C=O) groups is 1. The van der Waals surface area contributed by atoms with Gasteiger partial charge in [0.05, 0.1) is 5.52 Å². The summed E-state index contributed by atoms with van der Waals surface area (Å²) >= 11 is 0. The number of benzene rings is 2. The number of hydrogen-bond donors (Lipinski definition) is 1. The largest absolute Gasteiger partial charge is 0.386 e. The molecule has 2 aromatic heterocycles. The minimum Gasteiger partial charge on any atom is -0.310 e. The molecule has 7 nitrogen and oxygen atoms in total. The molecule has 2 heterocycles. The molecule has 0 saturated heterocycles. The number of hydrogen-bond acceptors (Lipinski definition) is 5. The Bertz CT molecular complexity index is 956. The Morgan fingerprint density at radius 3 is 2.86 bits per heavy atom. The van der Waals surface area contributed by atoms with Gasteiger partial charge in [0.2, 0.25) is 0 Å². The van der Waals surface area contributed by atoms with Crippen LogP contribution in [-0.4, -0.2) is 31.3 Å². The van der Waals surface area contributed by atoms with E-state index in [2.05, 4.69) is 20.5 Å². The van der Waals surface area contributed by atoms with Crippen LogP contribution < -0.4 is 4.84 Å². The third kappa shape index (κ3) is 1.83. The molecule has 4 aromatic rings. The molecular formula is C14H9N5O2. The molecule has 0 aliphatic carbocycles. The number of H-pyrrole nitrogens is 1. The average molecular weight is 279 g/mol. The zero-order valence-corrected chi connectivity index (χ0v) is 10.7. The highest BCUT2D eigenvalue weighted by atomic mass is 16.7. The van der Waals surface area contributed by atoms with Crippen LogP contribution in [0.1, 0.15) is 10.5 Å². The third-order valence-electron chi connectivity index (χ3n) is 3.15. The number of nitrogens with zero attached hydrogens (tertiary/aromatic N) is 4. The summed E-state index contributed by atoms with van der Waals surface area (Å²) in [7, 11) is 0. The predicted octanol–water partition coefficient (Wildman–Crippen LogP) is 1.58. The summed E-state index contributed by atoms with van der Waals surface area (Å²) in [6, 6.07) is 14.5. The molecule has 0 atom stereocenters. The SMILES string of the molecule is O=C(On1nnc2ccccc21)c1n[nH]c2ccccc12. The van der Waals surface area contributed by atoms with Crippen LogP contribution in [0.5, 0.6) is 0 Å². The standard InChI is InChI=1S/C14H9N5O2/c20-14(13-9-5-1-2-6-10(9)15-17-13)21-19-12-8-4-3-7-11(12)16-18-19/h1-8H,(H,15,17). The van der Waals surface area contributed by atoms with Crippen LogP contribution in [0.2, 0.25) is 0 Å². The second-order valence-corrected chi connectivity index (χ2v) is 4.45. The summed E-state index contributed by atoms with van der Waals surface area (Å²) in [4.78, 5) is 18.6. The number of aromatic nitrogens is 5. The first kappa shape index (κ1) is 11.6. The van der Waals surface area contributed by atoms with E-state index in [9.17, 15) is 4.79 Å². The van der Waals surface area contributed by atoms with Crippen molar-refractivity contribution >= 4 is 27.9 Å². The Labute approximate surface area is 118 Å². The molecular weight excluding hydrogens is 270 g/mol. The van der Waals surface area contributed by atoms with Crippen LogP contribution in [-0.2, 0) is 0 Å². The van der Waals surface area contributed by atoms with Gasteiger partial charge in [-0.15, -0.1) is 5.10 Å². The molecule has 0 saturated carbocycles. The van der Waals surface area contributed by atoms with E-state index in [0.29, 0.717) is 16.4 Å². The Morgan fingerprint density at radius 1 is 1.10 bits per heavy atom. The fourth-order valence-electron chi connectivity index (χ4n) is 2.16. The molecule has 0 fully saturated rings. The number of aromatic amines is 1. The highest BCUT2D eigenvalue weighted by Gasteiger charge is 2.18. The van der Waals surface area contributed by atoms with Gasteiger partial charge < -0.3 is 4.84 Å². The number of nitrogens with one attached hydrogen (secondary N) is 1. The molecule has 2 aromatic carbocycles. The summed E-state index contributed by atoms with van der Waals surface area (Å²) in [6.45, 7) is 0.